The summed E-state index contributed by atoms with van der Waals surface area (Å²) < 4.78 is 5.27. The van der Waals surface area contributed by atoms with E-state index in [1.165, 1.54) is 13.1 Å². The molecule has 1 aliphatic heterocycles. The fraction of sp³-hybridized carbons (Fsp3) is 0.632. The van der Waals surface area contributed by atoms with Crippen molar-refractivity contribution < 1.29 is 33.5 Å². The first-order chi connectivity index (χ1) is 24.0. The van der Waals surface area contributed by atoms with E-state index in [1.54, 1.807) is 4.90 Å². The van der Waals surface area contributed by atoms with Crippen molar-refractivity contribution >= 4 is 35.6 Å². The van der Waals surface area contributed by atoms with Crippen LogP contribution in [0.25, 0.3) is 0 Å². The Morgan fingerprint density at radius 3 is 2.25 bits per heavy atom. The molecule has 3 aliphatic rings. The molecule has 5 N–H and O–H groups in total. The van der Waals surface area contributed by atoms with Crippen LogP contribution in [0.4, 0.5) is 9.59 Å². The summed E-state index contributed by atoms with van der Waals surface area (Å²) in [6.07, 6.45) is 3.62. The fourth-order valence-electron chi connectivity index (χ4n) is 7.63. The van der Waals surface area contributed by atoms with Gasteiger partial charge in [0, 0.05) is 20.1 Å². The molecule has 1 saturated carbocycles. The Labute approximate surface area is 301 Å². The standard InChI is InChI=1S/C38H56N6O7/c1-9-11-16-26(31(45)33(47)40-17-10-2)41-32(46)30-28-25(38(28,6)7)20-44(30)34(48)29(24-18-22-14-12-13-15-23(22)19-24)43-35(49)42-27(37(3,4)5)21-51-36(50)39-8/h10,12-15,24-30H,2,9,11,16-21H2,1,3-8H3,(H,39,50)(H,40,47)(H,41,46)(H2,42,43,49)/t25-,26?,27+,28-,29-,30-/m0/s1. The number of hydrogen-bond acceptors (Lipinski definition) is 7. The number of amides is 6. The summed E-state index contributed by atoms with van der Waals surface area (Å²) in [4.78, 5) is 81.9. The Balaban J connectivity index is 1.60. The van der Waals surface area contributed by atoms with Crippen molar-refractivity contribution in [2.75, 3.05) is 26.7 Å². The molecular formula is C38H56N6O7. The molecule has 0 spiro atoms. The zero-order valence-electron chi connectivity index (χ0n) is 31.1. The van der Waals surface area contributed by atoms with Crippen LogP contribution >= 0.6 is 0 Å². The van der Waals surface area contributed by atoms with Gasteiger partial charge in [-0.05, 0) is 59.0 Å². The van der Waals surface area contributed by atoms with Gasteiger partial charge in [-0.25, -0.2) is 9.59 Å². The maximum absolute atomic E-state index is 14.8. The van der Waals surface area contributed by atoms with E-state index >= 15 is 0 Å². The van der Waals surface area contributed by atoms with Crippen molar-refractivity contribution in [3.63, 3.8) is 0 Å². The number of Topliss-reactive ketones (excluding diaryl/α,β-unsaturated/α-hetero) is 1. The van der Waals surface area contributed by atoms with E-state index in [1.807, 2.05) is 52.0 Å². The third-order valence-electron chi connectivity index (χ3n) is 10.9. The molecule has 1 saturated heterocycles. The quantitative estimate of drug-likeness (QED) is 0.138. The Hall–Kier alpha value is -4.42. The molecule has 2 aliphatic carbocycles. The van der Waals surface area contributed by atoms with Gasteiger partial charge in [0.2, 0.25) is 17.6 Å². The van der Waals surface area contributed by atoms with E-state index in [-0.39, 0.29) is 48.6 Å². The van der Waals surface area contributed by atoms with E-state index in [0.717, 1.165) is 17.5 Å². The number of carbonyl (C=O) groups is 6. The average molecular weight is 709 g/mol. The molecule has 1 heterocycles. The third-order valence-corrected chi connectivity index (χ3v) is 10.9. The van der Waals surface area contributed by atoms with Gasteiger partial charge in [-0.1, -0.05) is 84.7 Å². The minimum Gasteiger partial charge on any atom is -0.447 e. The Bertz CT molecular complexity index is 1480. The first-order valence-corrected chi connectivity index (χ1v) is 18.1. The number of ketones is 1. The summed E-state index contributed by atoms with van der Waals surface area (Å²) in [5, 5.41) is 13.6. The normalized spacial score (nSPS) is 21.9. The number of likely N-dealkylation sites (tertiary alicyclic amines) is 1. The van der Waals surface area contributed by atoms with Crippen molar-refractivity contribution in [3.05, 3.63) is 48.0 Å². The molecule has 51 heavy (non-hydrogen) atoms. The van der Waals surface area contributed by atoms with Gasteiger partial charge >= 0.3 is 12.1 Å². The lowest BCUT2D eigenvalue weighted by molar-refractivity contribution is -0.144. The van der Waals surface area contributed by atoms with Crippen LogP contribution < -0.4 is 26.6 Å². The van der Waals surface area contributed by atoms with Crippen LogP contribution in [0, 0.1) is 28.6 Å². The van der Waals surface area contributed by atoms with Crippen LogP contribution in [0.2, 0.25) is 0 Å². The number of benzene rings is 1. The summed E-state index contributed by atoms with van der Waals surface area (Å²) in [6.45, 7) is 15.7. The largest absolute Gasteiger partial charge is 0.447 e. The van der Waals surface area contributed by atoms with Crippen molar-refractivity contribution in [2.24, 2.45) is 28.6 Å². The maximum atomic E-state index is 14.8. The van der Waals surface area contributed by atoms with Gasteiger partial charge in [0.05, 0.1) is 12.1 Å². The summed E-state index contributed by atoms with van der Waals surface area (Å²) >= 11 is 0. The molecule has 6 atom stereocenters. The number of nitrogens with zero attached hydrogens (tertiary/aromatic N) is 1. The number of urea groups is 1. The number of hydrogen-bond donors (Lipinski definition) is 5. The van der Waals surface area contributed by atoms with Gasteiger partial charge in [-0.2, -0.15) is 0 Å². The number of carbonyl (C=O) groups excluding carboxylic acids is 6. The summed E-state index contributed by atoms with van der Waals surface area (Å²) in [6, 6.07) is 3.86. The van der Waals surface area contributed by atoms with Crippen LogP contribution in [0.15, 0.2) is 36.9 Å². The zero-order chi connectivity index (χ0) is 37.7. The van der Waals surface area contributed by atoms with E-state index in [9.17, 15) is 28.8 Å². The number of nitrogens with one attached hydrogen (secondary N) is 5. The van der Waals surface area contributed by atoms with Gasteiger partial charge < -0.3 is 36.2 Å². The number of fused-ring (bicyclic) bond motifs is 2. The van der Waals surface area contributed by atoms with Gasteiger partial charge in [0.25, 0.3) is 5.91 Å². The van der Waals surface area contributed by atoms with E-state index in [2.05, 4.69) is 47.0 Å². The molecular weight excluding hydrogens is 652 g/mol. The second kappa shape index (κ2) is 16.3. The highest BCUT2D eigenvalue weighted by Crippen LogP contribution is 2.65. The van der Waals surface area contributed by atoms with Crippen molar-refractivity contribution in [1.82, 2.24) is 31.5 Å². The number of alkyl carbamates (subject to hydrolysis) is 1. The molecule has 1 aromatic carbocycles. The predicted octanol–water partition coefficient (Wildman–Crippen LogP) is 2.87. The molecule has 1 aromatic rings. The predicted molar refractivity (Wildman–Crippen MR) is 192 cm³/mol. The first kappa shape index (κ1) is 39.4. The Morgan fingerprint density at radius 2 is 1.69 bits per heavy atom. The number of unbranched alkanes of at least 4 members (excludes halogenated alkanes) is 1. The zero-order valence-corrected chi connectivity index (χ0v) is 31.1. The topological polar surface area (TPSA) is 175 Å². The van der Waals surface area contributed by atoms with E-state index < -0.39 is 59.3 Å². The Kier molecular flexibility index (Phi) is 12.6. The molecule has 0 bridgehead atoms. The smallest absolute Gasteiger partial charge is 0.406 e. The van der Waals surface area contributed by atoms with Gasteiger partial charge in [0.15, 0.2) is 0 Å². The molecule has 6 amide bonds. The van der Waals surface area contributed by atoms with Crippen LogP contribution in [0.1, 0.15) is 71.9 Å². The SMILES string of the molecule is C=CCNC(=O)C(=O)C(CCCC)NC(=O)[C@@H]1[C@@H]2[C@H](CN1C(=O)[C@@H](NC(=O)N[C@H](COC(=O)NC)C(C)(C)C)C1Cc3ccccc3C1)C2(C)C. The number of ether oxygens (including phenoxy) is 1. The lowest BCUT2D eigenvalue weighted by Crippen LogP contribution is -2.61. The van der Waals surface area contributed by atoms with E-state index in [4.69, 9.17) is 4.74 Å². The van der Waals surface area contributed by atoms with E-state index in [0.29, 0.717) is 25.8 Å². The van der Waals surface area contributed by atoms with Crippen LogP contribution in [0.3, 0.4) is 0 Å². The van der Waals surface area contributed by atoms with Gasteiger partial charge in [-0.3, -0.25) is 19.2 Å². The summed E-state index contributed by atoms with van der Waals surface area (Å²) in [5.41, 5.74) is 1.49. The van der Waals surface area contributed by atoms with Gasteiger partial charge in [0.1, 0.15) is 18.7 Å². The monoisotopic (exact) mass is 708 g/mol. The number of piperidine rings is 1. The molecule has 0 radical (unpaired) electrons. The van der Waals surface area contributed by atoms with Gasteiger partial charge in [-0.15, -0.1) is 6.58 Å². The third kappa shape index (κ3) is 9.09. The minimum atomic E-state index is -1.05. The molecule has 280 valence electrons. The highest BCUT2D eigenvalue weighted by molar-refractivity contribution is 6.38. The van der Waals surface area contributed by atoms with Crippen molar-refractivity contribution in [1.29, 1.82) is 0 Å². The molecule has 1 unspecified atom stereocenters. The van der Waals surface area contributed by atoms with Crippen molar-refractivity contribution in [2.45, 2.75) is 97.8 Å². The van der Waals surface area contributed by atoms with Crippen LogP contribution in [-0.2, 0) is 36.8 Å². The van der Waals surface area contributed by atoms with Crippen LogP contribution in [0.5, 0.6) is 0 Å². The molecule has 13 nitrogen and oxygen atoms in total. The first-order valence-electron chi connectivity index (χ1n) is 18.1. The molecule has 4 rings (SSSR count). The Morgan fingerprint density at radius 1 is 1.04 bits per heavy atom. The lowest BCUT2D eigenvalue weighted by Gasteiger charge is -2.36. The highest BCUT2D eigenvalue weighted by Gasteiger charge is 2.69. The minimum absolute atomic E-state index is 0.0558. The second-order valence-electron chi connectivity index (χ2n) is 15.8. The highest BCUT2D eigenvalue weighted by atomic mass is 16.5. The molecule has 13 heteroatoms. The fourth-order valence-corrected chi connectivity index (χ4v) is 7.63. The second-order valence-corrected chi connectivity index (χ2v) is 15.8. The maximum Gasteiger partial charge on any atom is 0.406 e. The molecule has 2 fully saturated rings. The molecule has 0 aromatic heterocycles. The summed E-state index contributed by atoms with van der Waals surface area (Å²) in [5.74, 6) is -2.78. The van der Waals surface area contributed by atoms with Crippen LogP contribution in [-0.4, -0.2) is 91.4 Å². The lowest BCUT2D eigenvalue weighted by atomic mass is 9.87. The average Bonchev–Trinajstić information content (AvgIpc) is 3.44. The number of rotatable bonds is 15. The summed E-state index contributed by atoms with van der Waals surface area (Å²) in [7, 11) is 1.45. The van der Waals surface area contributed by atoms with Crippen molar-refractivity contribution in [3.8, 4) is 0 Å².